The van der Waals surface area contributed by atoms with Crippen molar-refractivity contribution < 1.29 is 29.6 Å². The van der Waals surface area contributed by atoms with Crippen molar-refractivity contribution in [1.82, 2.24) is 0 Å². The molecule has 1 aliphatic rings. The number of cyclic esters (lactones) is 1. The first kappa shape index (κ1) is 24.1. The van der Waals surface area contributed by atoms with Crippen LogP contribution in [0.2, 0.25) is 0 Å². The van der Waals surface area contributed by atoms with Gasteiger partial charge in [-0.25, -0.2) is 0 Å². The van der Waals surface area contributed by atoms with Crippen molar-refractivity contribution in [1.29, 1.82) is 0 Å². The summed E-state index contributed by atoms with van der Waals surface area (Å²) in [7, 11) is 0. The van der Waals surface area contributed by atoms with Crippen LogP contribution in [0.3, 0.4) is 0 Å². The average Bonchev–Trinajstić information content (AvgIpc) is 2.66. The fraction of sp³-hybridized carbons (Fsp3) is 0.905. The molecular weight excluding hydrogens is 348 g/mol. The zero-order valence-corrected chi connectivity index (χ0v) is 17.8. The fourth-order valence-electron chi connectivity index (χ4n) is 4.24. The maximum atomic E-state index is 12.8. The van der Waals surface area contributed by atoms with E-state index in [4.69, 9.17) is 4.74 Å². The predicted octanol–water partition coefficient (Wildman–Crippen LogP) is 2.18. The second kappa shape index (κ2) is 9.99. The summed E-state index contributed by atoms with van der Waals surface area (Å²) in [6.45, 7) is 12.3. The van der Waals surface area contributed by atoms with Gasteiger partial charge in [0.15, 0.2) is 0 Å². The third-order valence-corrected chi connectivity index (χ3v) is 6.51. The van der Waals surface area contributed by atoms with E-state index in [1.807, 2.05) is 20.8 Å². The Morgan fingerprint density at radius 1 is 0.852 bits per heavy atom. The first-order valence-corrected chi connectivity index (χ1v) is 10.2. The Kier molecular flexibility index (Phi) is 8.90. The van der Waals surface area contributed by atoms with Crippen molar-refractivity contribution in [3.8, 4) is 0 Å². The molecule has 10 atom stereocenters. The SMILES string of the molecule is CCC1OC(=O)C(C)C(O)C(C)C(O)C(C)CC(C)C(=O)C(C)C(O)C1C. The van der Waals surface area contributed by atoms with E-state index in [0.29, 0.717) is 12.8 Å². The van der Waals surface area contributed by atoms with Crippen molar-refractivity contribution in [2.45, 2.75) is 85.7 Å². The third kappa shape index (κ3) is 5.52. The molecule has 1 aliphatic heterocycles. The molecule has 1 rings (SSSR count). The number of carbonyl (C=O) groups is 2. The normalized spacial score (nSPS) is 45.9. The summed E-state index contributed by atoms with van der Waals surface area (Å²) in [6, 6.07) is 0. The van der Waals surface area contributed by atoms with Crippen LogP contribution in [0.1, 0.15) is 61.3 Å². The molecule has 27 heavy (non-hydrogen) atoms. The van der Waals surface area contributed by atoms with Crippen molar-refractivity contribution >= 4 is 11.8 Å². The number of hydrogen-bond donors (Lipinski definition) is 3. The number of hydrogen-bond acceptors (Lipinski definition) is 6. The lowest BCUT2D eigenvalue weighted by Crippen LogP contribution is -2.45. The molecule has 0 aromatic rings. The number of Topliss-reactive ketones (excluding diaryl/α,β-unsaturated/α-hetero) is 1. The smallest absolute Gasteiger partial charge is 0.311 e. The van der Waals surface area contributed by atoms with Crippen LogP contribution in [-0.2, 0) is 14.3 Å². The molecule has 0 aliphatic carbocycles. The standard InChI is InChI=1S/C21H38O6/c1-8-16-12(4)19(24)13(5)17(22)10(2)9-11(3)18(23)14(6)20(25)15(7)21(26)27-16/h10-16,18-20,23-25H,8-9H2,1-7H3. The number of ether oxygens (including phenoxy) is 1. The first-order chi connectivity index (χ1) is 12.4. The number of rotatable bonds is 1. The van der Waals surface area contributed by atoms with Gasteiger partial charge in [-0.1, -0.05) is 41.5 Å². The number of aliphatic hydroxyl groups is 3. The number of ketones is 1. The summed E-state index contributed by atoms with van der Waals surface area (Å²) in [5, 5.41) is 31.9. The van der Waals surface area contributed by atoms with E-state index in [9.17, 15) is 24.9 Å². The van der Waals surface area contributed by atoms with E-state index in [1.165, 1.54) is 0 Å². The summed E-state index contributed by atoms with van der Waals surface area (Å²) < 4.78 is 5.58. The van der Waals surface area contributed by atoms with Gasteiger partial charge in [0, 0.05) is 23.7 Å². The zero-order chi connectivity index (χ0) is 21.0. The van der Waals surface area contributed by atoms with Crippen LogP contribution < -0.4 is 0 Å². The van der Waals surface area contributed by atoms with Crippen molar-refractivity contribution in [2.75, 3.05) is 0 Å². The highest BCUT2D eigenvalue weighted by Gasteiger charge is 2.39. The second-order valence-corrected chi connectivity index (χ2v) is 8.67. The highest BCUT2D eigenvalue weighted by Crippen LogP contribution is 2.30. The minimum absolute atomic E-state index is 0.0618. The number of carbonyl (C=O) groups excluding carboxylic acids is 2. The molecule has 3 N–H and O–H groups in total. The summed E-state index contributed by atoms with van der Waals surface area (Å²) >= 11 is 0. The lowest BCUT2D eigenvalue weighted by atomic mass is 9.77. The molecule has 10 unspecified atom stereocenters. The van der Waals surface area contributed by atoms with Gasteiger partial charge in [0.1, 0.15) is 11.9 Å². The summed E-state index contributed by atoms with van der Waals surface area (Å²) in [6.07, 6.45) is -2.43. The predicted molar refractivity (Wildman–Crippen MR) is 103 cm³/mol. The van der Waals surface area contributed by atoms with E-state index in [-0.39, 0.29) is 17.6 Å². The minimum Gasteiger partial charge on any atom is -0.462 e. The highest BCUT2D eigenvalue weighted by molar-refractivity contribution is 5.83. The van der Waals surface area contributed by atoms with E-state index >= 15 is 0 Å². The van der Waals surface area contributed by atoms with Gasteiger partial charge in [0.05, 0.1) is 24.2 Å². The van der Waals surface area contributed by atoms with Crippen LogP contribution in [0.4, 0.5) is 0 Å². The lowest BCUT2D eigenvalue weighted by Gasteiger charge is -2.35. The maximum Gasteiger partial charge on any atom is 0.311 e. The van der Waals surface area contributed by atoms with E-state index in [2.05, 4.69) is 0 Å². The van der Waals surface area contributed by atoms with Crippen LogP contribution in [-0.4, -0.2) is 51.5 Å². The van der Waals surface area contributed by atoms with Gasteiger partial charge >= 0.3 is 5.97 Å². The second-order valence-electron chi connectivity index (χ2n) is 8.67. The number of esters is 1. The molecular formula is C21H38O6. The molecule has 1 saturated heterocycles. The van der Waals surface area contributed by atoms with Crippen molar-refractivity contribution in [3.63, 3.8) is 0 Å². The zero-order valence-electron chi connectivity index (χ0n) is 17.8. The van der Waals surface area contributed by atoms with Gasteiger partial charge < -0.3 is 20.1 Å². The van der Waals surface area contributed by atoms with Crippen molar-refractivity contribution in [2.24, 2.45) is 35.5 Å². The Hall–Kier alpha value is -0.980. The summed E-state index contributed by atoms with van der Waals surface area (Å²) in [5.41, 5.74) is 0. The molecule has 0 bridgehead atoms. The minimum atomic E-state index is -1.06. The highest BCUT2D eigenvalue weighted by atomic mass is 16.5. The Balaban J connectivity index is 3.23. The molecule has 1 fully saturated rings. The topological polar surface area (TPSA) is 104 Å². The van der Waals surface area contributed by atoms with Crippen LogP contribution in [0.5, 0.6) is 0 Å². The monoisotopic (exact) mass is 386 g/mol. The van der Waals surface area contributed by atoms with Gasteiger partial charge in [-0.15, -0.1) is 0 Å². The van der Waals surface area contributed by atoms with Crippen LogP contribution in [0.25, 0.3) is 0 Å². The molecule has 0 spiro atoms. The molecule has 0 saturated carbocycles. The Morgan fingerprint density at radius 2 is 1.37 bits per heavy atom. The number of aliphatic hydroxyl groups excluding tert-OH is 3. The summed E-state index contributed by atoms with van der Waals surface area (Å²) in [4.78, 5) is 25.3. The molecule has 0 aromatic heterocycles. The Morgan fingerprint density at radius 3 is 1.89 bits per heavy atom. The molecule has 0 aromatic carbocycles. The third-order valence-electron chi connectivity index (χ3n) is 6.51. The van der Waals surface area contributed by atoms with Crippen LogP contribution in [0, 0.1) is 35.5 Å². The molecule has 6 heteroatoms. The molecule has 6 nitrogen and oxygen atoms in total. The van der Waals surface area contributed by atoms with Gasteiger partial charge in [-0.05, 0) is 25.7 Å². The van der Waals surface area contributed by atoms with Crippen LogP contribution >= 0.6 is 0 Å². The lowest BCUT2D eigenvalue weighted by molar-refractivity contribution is -0.166. The van der Waals surface area contributed by atoms with Crippen LogP contribution in [0.15, 0.2) is 0 Å². The van der Waals surface area contributed by atoms with Gasteiger partial charge in [0.25, 0.3) is 0 Å². The Labute approximate surface area is 163 Å². The molecule has 158 valence electrons. The quantitative estimate of drug-likeness (QED) is 0.597. The van der Waals surface area contributed by atoms with Gasteiger partial charge in [0.2, 0.25) is 0 Å². The maximum absolute atomic E-state index is 12.8. The first-order valence-electron chi connectivity index (χ1n) is 10.2. The molecule has 0 amide bonds. The van der Waals surface area contributed by atoms with Gasteiger partial charge in [-0.3, -0.25) is 9.59 Å². The molecule has 1 heterocycles. The van der Waals surface area contributed by atoms with E-state index in [0.717, 1.165) is 0 Å². The Bertz CT molecular complexity index is 507. The van der Waals surface area contributed by atoms with E-state index < -0.39 is 54.1 Å². The summed E-state index contributed by atoms with van der Waals surface area (Å²) in [5.74, 6) is -3.48. The van der Waals surface area contributed by atoms with E-state index in [1.54, 1.807) is 27.7 Å². The van der Waals surface area contributed by atoms with Gasteiger partial charge in [-0.2, -0.15) is 0 Å². The largest absolute Gasteiger partial charge is 0.462 e. The average molecular weight is 387 g/mol. The van der Waals surface area contributed by atoms with Crippen molar-refractivity contribution in [3.05, 3.63) is 0 Å². The molecule has 0 radical (unpaired) electrons. The fourth-order valence-corrected chi connectivity index (χ4v) is 4.24.